The smallest absolute Gasteiger partial charge is 0.333 e. The number of rotatable bonds is 1. The number of carbonyl (C=O) groups is 1. The number of hydrogen-bond acceptors (Lipinski definition) is 2. The maximum atomic E-state index is 11.2. The average molecular weight is 301 g/mol. The summed E-state index contributed by atoms with van der Waals surface area (Å²) in [4.78, 5) is 11.2. The van der Waals surface area contributed by atoms with Crippen LogP contribution in [0.5, 0.6) is 0 Å². The van der Waals surface area contributed by atoms with Gasteiger partial charge in [0.15, 0.2) is 0 Å². The van der Waals surface area contributed by atoms with Gasteiger partial charge in [0.05, 0.1) is 5.60 Å². The Kier molecular flexibility index (Phi) is 7.89. The van der Waals surface area contributed by atoms with Crippen LogP contribution in [0.15, 0.2) is 54.6 Å². The Morgan fingerprint density at radius 1 is 1.05 bits per heavy atom. The summed E-state index contributed by atoms with van der Waals surface area (Å²) in [6, 6.07) is 17.3. The molecule has 19 heavy (non-hydrogen) atoms. The van der Waals surface area contributed by atoms with Gasteiger partial charge in [-0.2, -0.15) is 12.1 Å². The van der Waals surface area contributed by atoms with Crippen LogP contribution in [0.2, 0.25) is 0 Å². The minimum atomic E-state index is -0.448. The molecule has 0 saturated heterocycles. The summed E-state index contributed by atoms with van der Waals surface area (Å²) in [6.45, 7) is 5.49. The van der Waals surface area contributed by atoms with Crippen molar-refractivity contribution in [1.82, 2.24) is 0 Å². The van der Waals surface area contributed by atoms with E-state index in [0.717, 1.165) is 5.69 Å². The Balaban J connectivity index is 0.000000454. The first-order chi connectivity index (χ1) is 8.47. The number of nitrogens with one attached hydrogen (secondary N) is 1. The van der Waals surface area contributed by atoms with E-state index in [0.29, 0.717) is 0 Å². The second kappa shape index (κ2) is 8.57. The second-order valence-electron chi connectivity index (χ2n) is 4.76. The molecule has 1 N–H and O–H groups in total. The van der Waals surface area contributed by atoms with Crippen LogP contribution < -0.4 is 5.32 Å². The quantitative estimate of drug-likeness (QED) is 0.634. The molecule has 0 unspecified atom stereocenters. The van der Waals surface area contributed by atoms with Gasteiger partial charge in [-0.1, -0.05) is 0 Å². The number of anilines is 1. The van der Waals surface area contributed by atoms with E-state index in [1.54, 1.807) is 0 Å². The van der Waals surface area contributed by atoms with Gasteiger partial charge >= 0.3 is 6.09 Å². The minimum absolute atomic E-state index is 0. The first-order valence-electron chi connectivity index (χ1n) is 5.86. The van der Waals surface area contributed by atoms with Gasteiger partial charge in [-0.25, -0.2) is 0 Å². The van der Waals surface area contributed by atoms with Gasteiger partial charge in [0.2, 0.25) is 0 Å². The Hall–Kier alpha value is -1.51. The molecule has 3 nitrogen and oxygen atoms in total. The molecule has 0 radical (unpaired) electrons. The van der Waals surface area contributed by atoms with Gasteiger partial charge in [-0.3, -0.25) is 4.79 Å². The van der Waals surface area contributed by atoms with E-state index in [1.165, 1.54) is 0 Å². The van der Waals surface area contributed by atoms with Gasteiger partial charge in [0.25, 0.3) is 0 Å². The number of amides is 1. The molecule has 0 atom stereocenters. The maximum absolute atomic E-state index is 11.2. The third kappa shape index (κ3) is 9.11. The normalized spacial score (nSPS) is 9.63. The molecule has 0 aliphatic rings. The third-order valence-corrected chi connectivity index (χ3v) is 1.86. The third-order valence-electron chi connectivity index (χ3n) is 1.86. The SMILES string of the molecule is CC(C)(C)OC(=O)N[c-]1cccc1.[Fe].[cH-]1[cH-][cH-][cH-][cH-]1. The first kappa shape index (κ1) is 17.5. The van der Waals surface area contributed by atoms with Crippen molar-refractivity contribution in [2.75, 3.05) is 5.32 Å². The van der Waals surface area contributed by atoms with Crippen molar-refractivity contribution in [3.8, 4) is 0 Å². The molecule has 0 aliphatic heterocycles. The largest absolute Gasteiger partial charge is 0.748 e. The van der Waals surface area contributed by atoms with Gasteiger partial charge < -0.3 is 40.4 Å². The molecule has 0 aliphatic carbocycles. The summed E-state index contributed by atoms with van der Waals surface area (Å²) < 4.78 is 5.06. The van der Waals surface area contributed by atoms with Crippen LogP contribution in [0, 0.1) is 0 Å². The molecule has 0 aromatic heterocycles. The molecular formula is C15H19FeNO2-6. The fraction of sp³-hybridized carbons (Fsp3) is 0.267. The van der Waals surface area contributed by atoms with Crippen LogP contribution in [0.4, 0.5) is 10.5 Å². The molecule has 4 heteroatoms. The van der Waals surface area contributed by atoms with Crippen molar-refractivity contribution in [1.29, 1.82) is 0 Å². The van der Waals surface area contributed by atoms with E-state index >= 15 is 0 Å². The van der Waals surface area contributed by atoms with Crippen LogP contribution in [0.3, 0.4) is 0 Å². The van der Waals surface area contributed by atoms with E-state index in [1.807, 2.05) is 75.4 Å². The fourth-order valence-electron chi connectivity index (χ4n) is 1.20. The van der Waals surface area contributed by atoms with E-state index in [4.69, 9.17) is 4.74 Å². The Morgan fingerprint density at radius 2 is 1.47 bits per heavy atom. The molecule has 0 saturated carbocycles. The van der Waals surface area contributed by atoms with Crippen molar-refractivity contribution >= 4 is 11.8 Å². The van der Waals surface area contributed by atoms with E-state index in [2.05, 4.69) is 5.32 Å². The summed E-state index contributed by atoms with van der Waals surface area (Å²) in [5.41, 5.74) is 0.311. The Morgan fingerprint density at radius 3 is 1.84 bits per heavy atom. The zero-order valence-corrected chi connectivity index (χ0v) is 12.5. The van der Waals surface area contributed by atoms with Crippen molar-refractivity contribution in [3.05, 3.63) is 54.6 Å². The predicted molar refractivity (Wildman–Crippen MR) is 73.9 cm³/mol. The average Bonchev–Trinajstić information content (AvgIpc) is 2.88. The van der Waals surface area contributed by atoms with Crippen LogP contribution in [-0.2, 0) is 21.8 Å². The number of hydrogen-bond donors (Lipinski definition) is 1. The zero-order chi connectivity index (χ0) is 13.4. The fourth-order valence-corrected chi connectivity index (χ4v) is 1.20. The molecule has 0 spiro atoms. The van der Waals surface area contributed by atoms with Gasteiger partial charge in [-0.15, -0.1) is 12.1 Å². The molecular weight excluding hydrogens is 282 g/mol. The first-order valence-corrected chi connectivity index (χ1v) is 5.86. The standard InChI is InChI=1S/C10H14NO2.C5H5.Fe/c1-10(2,3)13-9(12)11-8-6-4-5-7-8;1-2-4-5-3-1;/h4-7H,1-3H3,(H,11,12);1-5H;/q-1;-5;. The molecule has 0 fully saturated rings. The zero-order valence-electron chi connectivity index (χ0n) is 11.4. The molecule has 1 amide bonds. The molecule has 2 aromatic carbocycles. The monoisotopic (exact) mass is 301 g/mol. The van der Waals surface area contributed by atoms with Crippen molar-refractivity contribution < 1.29 is 26.6 Å². The summed E-state index contributed by atoms with van der Waals surface area (Å²) >= 11 is 0. The molecule has 0 bridgehead atoms. The van der Waals surface area contributed by atoms with Gasteiger partial charge in [-0.05, 0) is 26.5 Å². The molecule has 110 valence electrons. The van der Waals surface area contributed by atoms with Crippen molar-refractivity contribution in [3.63, 3.8) is 0 Å². The molecule has 2 rings (SSSR count). The number of carbonyl (C=O) groups excluding carboxylic acids is 1. The topological polar surface area (TPSA) is 38.3 Å². The second-order valence-corrected chi connectivity index (χ2v) is 4.76. The number of ether oxygens (including phenoxy) is 1. The van der Waals surface area contributed by atoms with Crippen LogP contribution in [0.1, 0.15) is 20.8 Å². The van der Waals surface area contributed by atoms with Crippen LogP contribution >= 0.6 is 0 Å². The van der Waals surface area contributed by atoms with E-state index in [9.17, 15) is 4.79 Å². The van der Waals surface area contributed by atoms with Gasteiger partial charge in [0.1, 0.15) is 0 Å². The maximum Gasteiger partial charge on any atom is 0.333 e. The minimum Gasteiger partial charge on any atom is -0.748 e. The van der Waals surface area contributed by atoms with Crippen LogP contribution in [-0.4, -0.2) is 11.7 Å². The Bertz CT molecular complexity index is 410. The summed E-state index contributed by atoms with van der Waals surface area (Å²) in [5, 5.41) is 2.62. The summed E-state index contributed by atoms with van der Waals surface area (Å²) in [5.74, 6) is 0. The van der Waals surface area contributed by atoms with Gasteiger partial charge in [0, 0.05) is 17.1 Å². The van der Waals surface area contributed by atoms with Crippen molar-refractivity contribution in [2.45, 2.75) is 26.4 Å². The summed E-state index contributed by atoms with van der Waals surface area (Å²) in [7, 11) is 0. The Labute approximate surface area is 125 Å². The summed E-state index contributed by atoms with van der Waals surface area (Å²) in [6.07, 6.45) is -0.418. The van der Waals surface area contributed by atoms with E-state index < -0.39 is 11.7 Å². The molecule has 0 heterocycles. The van der Waals surface area contributed by atoms with Crippen LogP contribution in [0.25, 0.3) is 0 Å². The predicted octanol–water partition coefficient (Wildman–Crippen LogP) is 4.16. The molecule has 2 aromatic rings. The van der Waals surface area contributed by atoms with E-state index in [-0.39, 0.29) is 17.1 Å². The van der Waals surface area contributed by atoms with Crippen molar-refractivity contribution in [2.24, 2.45) is 0 Å².